The van der Waals surface area contributed by atoms with Crippen LogP contribution in [-0.2, 0) is 22.6 Å². The zero-order chi connectivity index (χ0) is 29.6. The second-order valence-electron chi connectivity index (χ2n) is 10.8. The van der Waals surface area contributed by atoms with Gasteiger partial charge >= 0.3 is 6.01 Å². The van der Waals surface area contributed by atoms with Crippen LogP contribution in [0, 0.1) is 13.5 Å². The number of aromatic nitrogens is 2. The number of benzene rings is 2. The molecule has 1 fully saturated rings. The van der Waals surface area contributed by atoms with Crippen LogP contribution in [0.5, 0.6) is 6.01 Å². The fourth-order valence-electron chi connectivity index (χ4n) is 6.11. The van der Waals surface area contributed by atoms with Crippen LogP contribution in [-0.4, -0.2) is 84.1 Å². The van der Waals surface area contributed by atoms with Gasteiger partial charge in [0.1, 0.15) is 18.5 Å². The third-order valence-corrected chi connectivity index (χ3v) is 8.43. The molecule has 0 radical (unpaired) electrons. The minimum absolute atomic E-state index is 0.148. The summed E-state index contributed by atoms with van der Waals surface area (Å²) < 4.78 is 12.7. The summed E-state index contributed by atoms with van der Waals surface area (Å²) in [5, 5.41) is 2.42. The Morgan fingerprint density at radius 1 is 1.21 bits per heavy atom. The van der Waals surface area contributed by atoms with Gasteiger partial charge in [-0.15, -0.1) is 0 Å². The quantitative estimate of drug-likeness (QED) is 0.262. The molecular formula is C33H40N6O3. The van der Waals surface area contributed by atoms with E-state index in [2.05, 4.69) is 78.4 Å². The van der Waals surface area contributed by atoms with Crippen LogP contribution in [0.25, 0.3) is 15.6 Å². The highest BCUT2D eigenvalue weighted by atomic mass is 16.5. The molecule has 0 N–H and O–H groups in total. The van der Waals surface area contributed by atoms with E-state index in [0.717, 1.165) is 42.3 Å². The van der Waals surface area contributed by atoms with Crippen molar-refractivity contribution in [3.05, 3.63) is 82.9 Å². The molecule has 2 aliphatic heterocycles. The van der Waals surface area contributed by atoms with Gasteiger partial charge in [-0.05, 0) is 48.0 Å². The van der Waals surface area contributed by atoms with Gasteiger partial charge in [-0.3, -0.25) is 4.79 Å². The number of aryl methyl sites for hydroxylation is 1. The molecular weight excluding hydrogens is 528 g/mol. The summed E-state index contributed by atoms with van der Waals surface area (Å²) in [4.78, 5) is 32.1. The van der Waals surface area contributed by atoms with E-state index in [1.165, 1.54) is 22.4 Å². The molecule has 5 rings (SSSR count). The summed E-state index contributed by atoms with van der Waals surface area (Å²) in [6.07, 6.45) is 1.78. The van der Waals surface area contributed by atoms with Crippen LogP contribution < -0.4 is 9.64 Å². The second-order valence-corrected chi connectivity index (χ2v) is 10.8. The number of rotatable bonds is 10. The number of likely N-dealkylation sites (N-methyl/N-ethyl adjacent to an activating group) is 1. The van der Waals surface area contributed by atoms with Crippen LogP contribution in [0.2, 0.25) is 0 Å². The Morgan fingerprint density at radius 2 is 2.00 bits per heavy atom. The SMILES string of the molecule is [C-]#[N+]C[C@H]1CN(c2nc(OCCN(CC)CC)nc3c2CO[C@@H](c2cccc4cccc(C)c24)C3)CCN1C(=O)C=C. The van der Waals surface area contributed by atoms with Crippen LogP contribution in [0.15, 0.2) is 49.1 Å². The summed E-state index contributed by atoms with van der Waals surface area (Å²) in [5.41, 5.74) is 4.25. The first kappa shape index (κ1) is 29.5. The lowest BCUT2D eigenvalue weighted by Gasteiger charge is -2.40. The van der Waals surface area contributed by atoms with E-state index in [1.54, 1.807) is 4.90 Å². The number of hydrogen-bond donors (Lipinski definition) is 0. The Kier molecular flexibility index (Phi) is 9.35. The average Bonchev–Trinajstić information content (AvgIpc) is 3.02. The fourth-order valence-corrected chi connectivity index (χ4v) is 6.11. The average molecular weight is 569 g/mol. The first-order chi connectivity index (χ1) is 20.5. The van der Waals surface area contributed by atoms with Crippen LogP contribution in [0.1, 0.15) is 42.3 Å². The monoisotopic (exact) mass is 568 g/mol. The fraction of sp³-hybridized carbons (Fsp3) is 0.455. The van der Waals surface area contributed by atoms with E-state index < -0.39 is 0 Å². The van der Waals surface area contributed by atoms with Crippen molar-refractivity contribution in [3.63, 3.8) is 0 Å². The molecule has 0 unspecified atom stereocenters. The van der Waals surface area contributed by atoms with E-state index in [9.17, 15) is 4.79 Å². The molecule has 9 heteroatoms. The molecule has 2 aliphatic rings. The Hall–Kier alpha value is -4.00. The molecule has 0 bridgehead atoms. The number of anilines is 1. The molecule has 1 amide bonds. The molecule has 0 spiro atoms. The van der Waals surface area contributed by atoms with Crippen molar-refractivity contribution in [2.75, 3.05) is 57.3 Å². The van der Waals surface area contributed by atoms with Crippen LogP contribution in [0.3, 0.4) is 0 Å². The minimum Gasteiger partial charge on any atom is -0.462 e. The molecule has 1 aromatic heterocycles. The summed E-state index contributed by atoms with van der Waals surface area (Å²) in [6, 6.07) is 12.9. The highest BCUT2D eigenvalue weighted by molar-refractivity contribution is 5.89. The maximum atomic E-state index is 12.5. The van der Waals surface area contributed by atoms with Crippen LogP contribution in [0.4, 0.5) is 5.82 Å². The van der Waals surface area contributed by atoms with Gasteiger partial charge in [0.25, 0.3) is 0 Å². The predicted molar refractivity (Wildman–Crippen MR) is 165 cm³/mol. The normalized spacial score (nSPS) is 18.5. The van der Waals surface area contributed by atoms with Crippen molar-refractivity contribution in [2.24, 2.45) is 0 Å². The van der Waals surface area contributed by atoms with Crippen molar-refractivity contribution in [1.82, 2.24) is 19.8 Å². The molecule has 9 nitrogen and oxygen atoms in total. The molecule has 3 aromatic rings. The lowest BCUT2D eigenvalue weighted by atomic mass is 9.92. The van der Waals surface area contributed by atoms with Gasteiger partial charge in [-0.1, -0.05) is 56.8 Å². The highest BCUT2D eigenvalue weighted by Gasteiger charge is 2.35. The van der Waals surface area contributed by atoms with E-state index in [1.807, 2.05) is 0 Å². The van der Waals surface area contributed by atoms with Gasteiger partial charge in [0, 0.05) is 38.2 Å². The largest absolute Gasteiger partial charge is 0.462 e. The van der Waals surface area contributed by atoms with Crippen molar-refractivity contribution in [3.8, 4) is 6.01 Å². The zero-order valence-corrected chi connectivity index (χ0v) is 24.9. The van der Waals surface area contributed by atoms with Gasteiger partial charge < -0.3 is 29.0 Å². The van der Waals surface area contributed by atoms with E-state index in [-0.39, 0.29) is 24.6 Å². The number of hydrogen-bond acceptors (Lipinski definition) is 7. The Balaban J connectivity index is 1.48. The summed E-state index contributed by atoms with van der Waals surface area (Å²) in [6.45, 7) is 22.9. The Morgan fingerprint density at radius 3 is 2.74 bits per heavy atom. The Bertz CT molecular complexity index is 1480. The van der Waals surface area contributed by atoms with Crippen molar-refractivity contribution in [2.45, 2.75) is 45.9 Å². The van der Waals surface area contributed by atoms with E-state index in [0.29, 0.717) is 45.3 Å². The van der Waals surface area contributed by atoms with E-state index in [4.69, 9.17) is 26.0 Å². The summed E-state index contributed by atoms with van der Waals surface area (Å²) >= 11 is 0. The Labute approximate surface area is 248 Å². The van der Waals surface area contributed by atoms with Gasteiger partial charge in [-0.2, -0.15) is 9.97 Å². The van der Waals surface area contributed by atoms with Gasteiger partial charge in [0.2, 0.25) is 12.5 Å². The van der Waals surface area contributed by atoms with E-state index >= 15 is 0 Å². The molecule has 0 saturated carbocycles. The van der Waals surface area contributed by atoms with Crippen molar-refractivity contribution in [1.29, 1.82) is 0 Å². The third kappa shape index (κ3) is 6.10. The molecule has 2 aromatic carbocycles. The maximum Gasteiger partial charge on any atom is 0.318 e. The lowest BCUT2D eigenvalue weighted by molar-refractivity contribution is -0.128. The number of ether oxygens (including phenoxy) is 2. The number of carbonyl (C=O) groups excluding carboxylic acids is 1. The maximum absolute atomic E-state index is 12.5. The smallest absolute Gasteiger partial charge is 0.318 e. The zero-order valence-electron chi connectivity index (χ0n) is 24.9. The summed E-state index contributed by atoms with van der Waals surface area (Å²) in [7, 11) is 0. The molecule has 0 aliphatic carbocycles. The van der Waals surface area contributed by atoms with Gasteiger partial charge in [-0.25, -0.2) is 6.57 Å². The molecule has 42 heavy (non-hydrogen) atoms. The number of carbonyl (C=O) groups is 1. The number of fused-ring (bicyclic) bond motifs is 2. The standard InChI is InChI=1S/C33H40N6O3/c1-6-30(40)39-16-15-38(21-25(39)20-34-5)32-27-22-42-29(26-14-10-13-24-12-9-11-23(4)31(24)26)19-28(27)35-33(36-32)41-18-17-37(7-2)8-3/h6,9-14,25,29H,1,7-8,15-22H2,2-4H3/t25-,29+/m0/s1. The first-order valence-electron chi connectivity index (χ1n) is 14.8. The van der Waals surface area contributed by atoms with Gasteiger partial charge in [0.15, 0.2) is 0 Å². The minimum atomic E-state index is -0.254. The van der Waals surface area contributed by atoms with Gasteiger partial charge in [0.05, 0.1) is 18.4 Å². The third-order valence-electron chi connectivity index (χ3n) is 8.43. The first-order valence-corrected chi connectivity index (χ1v) is 14.8. The van der Waals surface area contributed by atoms with Crippen LogP contribution >= 0.6 is 0 Å². The number of nitrogens with zero attached hydrogens (tertiary/aromatic N) is 6. The molecule has 3 heterocycles. The molecule has 2 atom stereocenters. The molecule has 1 saturated heterocycles. The second kappa shape index (κ2) is 13.3. The van der Waals surface area contributed by atoms with Crippen molar-refractivity contribution >= 4 is 22.5 Å². The lowest BCUT2D eigenvalue weighted by Crippen LogP contribution is -2.56. The predicted octanol–water partition coefficient (Wildman–Crippen LogP) is 4.60. The molecule has 220 valence electrons. The topological polar surface area (TPSA) is 75.4 Å². The number of amides is 1. The van der Waals surface area contributed by atoms with Crippen molar-refractivity contribution < 1.29 is 14.3 Å². The highest BCUT2D eigenvalue weighted by Crippen LogP contribution is 2.38. The number of piperazine rings is 1. The summed E-state index contributed by atoms with van der Waals surface area (Å²) in [5.74, 6) is 0.621.